The van der Waals surface area contributed by atoms with Gasteiger partial charge in [0.15, 0.2) is 0 Å². The fraction of sp³-hybridized carbons (Fsp3) is 0.261. The largest absolute Gasteiger partial charge is 0.439 e. The zero-order chi connectivity index (χ0) is 22.0. The number of halogens is 2. The first-order valence-corrected chi connectivity index (χ1v) is 10.7. The highest BCUT2D eigenvalue weighted by molar-refractivity contribution is 6.36. The molecule has 6 nitrogen and oxygen atoms in total. The Morgan fingerprint density at radius 2 is 1.94 bits per heavy atom. The minimum absolute atomic E-state index is 0.0240. The van der Waals surface area contributed by atoms with E-state index >= 15 is 0 Å². The van der Waals surface area contributed by atoms with Crippen molar-refractivity contribution >= 4 is 34.9 Å². The van der Waals surface area contributed by atoms with Crippen LogP contribution < -0.4 is 9.64 Å². The third-order valence-electron chi connectivity index (χ3n) is 5.21. The molecular weight excluding hydrogens is 435 g/mol. The maximum absolute atomic E-state index is 13.0. The van der Waals surface area contributed by atoms with Gasteiger partial charge in [-0.2, -0.15) is 0 Å². The van der Waals surface area contributed by atoms with Crippen molar-refractivity contribution in [3.63, 3.8) is 0 Å². The van der Waals surface area contributed by atoms with Crippen molar-refractivity contribution in [1.29, 1.82) is 0 Å². The lowest BCUT2D eigenvalue weighted by Crippen LogP contribution is -2.54. The standard InChI is InChI=1S/C23H22Cl2N4O2/c1-15-4-3-5-18(10-15)31-22-12-21(26-14-27-22)28-8-9-29(16(2)13-28)23(30)19-7-6-17(24)11-20(19)25/h3-7,10-12,14,16H,8-9,13H2,1-2H3/t16-/m1/s1. The summed E-state index contributed by atoms with van der Waals surface area (Å²) < 4.78 is 5.89. The molecule has 0 N–H and O–H groups in total. The number of benzene rings is 2. The predicted octanol–water partition coefficient (Wildman–Crippen LogP) is 5.24. The Kier molecular flexibility index (Phi) is 6.30. The number of anilines is 1. The van der Waals surface area contributed by atoms with E-state index in [0.717, 1.165) is 17.1 Å². The molecule has 0 unspecified atom stereocenters. The number of hydrogen-bond acceptors (Lipinski definition) is 5. The highest BCUT2D eigenvalue weighted by Crippen LogP contribution is 2.27. The van der Waals surface area contributed by atoms with Crippen molar-refractivity contribution in [3.8, 4) is 11.6 Å². The number of piperazine rings is 1. The molecule has 1 aliphatic heterocycles. The topological polar surface area (TPSA) is 58.6 Å². The molecule has 31 heavy (non-hydrogen) atoms. The summed E-state index contributed by atoms with van der Waals surface area (Å²) in [4.78, 5) is 25.6. The van der Waals surface area contributed by atoms with Crippen molar-refractivity contribution < 1.29 is 9.53 Å². The van der Waals surface area contributed by atoms with Gasteiger partial charge in [-0.15, -0.1) is 0 Å². The summed E-state index contributed by atoms with van der Waals surface area (Å²) in [6, 6.07) is 14.5. The van der Waals surface area contributed by atoms with Gasteiger partial charge >= 0.3 is 0 Å². The van der Waals surface area contributed by atoms with E-state index in [-0.39, 0.29) is 11.9 Å². The summed E-state index contributed by atoms with van der Waals surface area (Å²) in [5.41, 5.74) is 1.57. The van der Waals surface area contributed by atoms with Crippen LogP contribution in [0.25, 0.3) is 0 Å². The summed E-state index contributed by atoms with van der Waals surface area (Å²) >= 11 is 12.2. The summed E-state index contributed by atoms with van der Waals surface area (Å²) in [7, 11) is 0. The number of ether oxygens (including phenoxy) is 1. The third-order valence-corrected chi connectivity index (χ3v) is 5.76. The zero-order valence-electron chi connectivity index (χ0n) is 17.3. The Bertz CT molecular complexity index is 1110. The van der Waals surface area contributed by atoms with Crippen molar-refractivity contribution in [3.05, 3.63) is 76.0 Å². The van der Waals surface area contributed by atoms with Gasteiger partial charge in [-0.3, -0.25) is 4.79 Å². The van der Waals surface area contributed by atoms with Crippen molar-refractivity contribution in [2.75, 3.05) is 24.5 Å². The molecule has 0 aliphatic carbocycles. The van der Waals surface area contributed by atoms with Crippen LogP contribution in [0.2, 0.25) is 10.0 Å². The fourth-order valence-corrected chi connectivity index (χ4v) is 4.13. The lowest BCUT2D eigenvalue weighted by molar-refractivity contribution is 0.0674. The molecule has 1 aliphatic rings. The minimum atomic E-state index is -0.0972. The summed E-state index contributed by atoms with van der Waals surface area (Å²) in [6.45, 7) is 5.86. The SMILES string of the molecule is Cc1cccc(Oc2cc(N3CCN(C(=O)c4ccc(Cl)cc4Cl)[C@H](C)C3)ncn2)c1. The Labute approximate surface area is 191 Å². The van der Waals surface area contributed by atoms with Crippen molar-refractivity contribution in [1.82, 2.24) is 14.9 Å². The summed E-state index contributed by atoms with van der Waals surface area (Å²) in [5.74, 6) is 1.88. The minimum Gasteiger partial charge on any atom is -0.439 e. The zero-order valence-corrected chi connectivity index (χ0v) is 18.8. The van der Waals surface area contributed by atoms with E-state index in [4.69, 9.17) is 27.9 Å². The van der Waals surface area contributed by atoms with Crippen LogP contribution in [0.3, 0.4) is 0 Å². The number of nitrogens with zero attached hydrogens (tertiary/aromatic N) is 4. The van der Waals surface area contributed by atoms with Gasteiger partial charge < -0.3 is 14.5 Å². The number of hydrogen-bond donors (Lipinski definition) is 0. The second-order valence-corrected chi connectivity index (χ2v) is 8.39. The molecule has 0 radical (unpaired) electrons. The second-order valence-electron chi connectivity index (χ2n) is 7.55. The molecule has 0 saturated carbocycles. The molecule has 160 valence electrons. The molecule has 1 saturated heterocycles. The lowest BCUT2D eigenvalue weighted by Gasteiger charge is -2.40. The van der Waals surface area contributed by atoms with Gasteiger partial charge in [-0.1, -0.05) is 35.3 Å². The van der Waals surface area contributed by atoms with Crippen molar-refractivity contribution in [2.45, 2.75) is 19.9 Å². The number of carbonyl (C=O) groups excluding carboxylic acids is 1. The monoisotopic (exact) mass is 456 g/mol. The van der Waals surface area contributed by atoms with Crippen LogP contribution in [0.5, 0.6) is 11.6 Å². The van der Waals surface area contributed by atoms with E-state index < -0.39 is 0 Å². The Balaban J connectivity index is 1.45. The van der Waals surface area contributed by atoms with E-state index in [1.54, 1.807) is 18.2 Å². The Morgan fingerprint density at radius 1 is 1.10 bits per heavy atom. The quantitative estimate of drug-likeness (QED) is 0.537. The molecule has 4 rings (SSSR count). The molecule has 1 amide bonds. The van der Waals surface area contributed by atoms with Gasteiger partial charge in [-0.25, -0.2) is 9.97 Å². The van der Waals surface area contributed by atoms with E-state index in [1.165, 1.54) is 6.33 Å². The van der Waals surface area contributed by atoms with Crippen LogP contribution in [-0.2, 0) is 0 Å². The van der Waals surface area contributed by atoms with Crippen LogP contribution in [0.15, 0.2) is 54.9 Å². The van der Waals surface area contributed by atoms with Crippen LogP contribution in [0.4, 0.5) is 5.82 Å². The average molecular weight is 457 g/mol. The van der Waals surface area contributed by atoms with Crippen molar-refractivity contribution in [2.24, 2.45) is 0 Å². The lowest BCUT2D eigenvalue weighted by atomic mass is 10.1. The number of carbonyl (C=O) groups is 1. The van der Waals surface area contributed by atoms with Gasteiger partial charge in [0.2, 0.25) is 5.88 Å². The molecule has 1 fully saturated rings. The number of aromatic nitrogens is 2. The van der Waals surface area contributed by atoms with Gasteiger partial charge in [0.05, 0.1) is 10.6 Å². The first-order valence-electron chi connectivity index (χ1n) is 9.98. The Morgan fingerprint density at radius 3 is 2.68 bits per heavy atom. The highest BCUT2D eigenvalue weighted by Gasteiger charge is 2.30. The molecule has 2 aromatic carbocycles. The molecule has 1 aromatic heterocycles. The van der Waals surface area contributed by atoms with Crippen LogP contribution in [0.1, 0.15) is 22.8 Å². The molecular formula is C23H22Cl2N4O2. The van der Waals surface area contributed by atoms with Crippen LogP contribution >= 0.6 is 23.2 Å². The van der Waals surface area contributed by atoms with Gasteiger partial charge in [0, 0.05) is 36.8 Å². The van der Waals surface area contributed by atoms with Gasteiger partial charge in [-0.05, 0) is 49.7 Å². The van der Waals surface area contributed by atoms with Gasteiger partial charge in [0.1, 0.15) is 17.9 Å². The van der Waals surface area contributed by atoms with E-state index in [0.29, 0.717) is 41.1 Å². The normalized spacial score (nSPS) is 16.3. The number of rotatable bonds is 4. The highest BCUT2D eigenvalue weighted by atomic mass is 35.5. The maximum atomic E-state index is 13.0. The summed E-state index contributed by atoms with van der Waals surface area (Å²) in [6.07, 6.45) is 1.50. The first-order chi connectivity index (χ1) is 14.9. The van der Waals surface area contributed by atoms with E-state index in [1.807, 2.05) is 49.1 Å². The molecule has 8 heteroatoms. The first kappa shape index (κ1) is 21.4. The van der Waals surface area contributed by atoms with Gasteiger partial charge in [0.25, 0.3) is 5.91 Å². The molecule has 1 atom stereocenters. The molecule has 0 bridgehead atoms. The van der Waals surface area contributed by atoms with E-state index in [9.17, 15) is 4.79 Å². The predicted molar refractivity (Wildman–Crippen MR) is 122 cm³/mol. The van der Waals surface area contributed by atoms with Crippen LogP contribution in [-0.4, -0.2) is 46.5 Å². The number of aryl methyl sites for hydroxylation is 1. The maximum Gasteiger partial charge on any atom is 0.255 e. The summed E-state index contributed by atoms with van der Waals surface area (Å²) in [5, 5.41) is 0.868. The molecule has 0 spiro atoms. The smallest absolute Gasteiger partial charge is 0.255 e. The third kappa shape index (κ3) is 4.92. The average Bonchev–Trinajstić information content (AvgIpc) is 2.73. The van der Waals surface area contributed by atoms with E-state index in [2.05, 4.69) is 14.9 Å². The van der Waals surface area contributed by atoms with Crippen LogP contribution in [0, 0.1) is 6.92 Å². The Hall–Kier alpha value is -2.83. The fourth-order valence-electron chi connectivity index (χ4n) is 3.64. The number of amides is 1. The second kappa shape index (κ2) is 9.12. The molecule has 2 heterocycles. The molecule has 3 aromatic rings.